The second-order valence-corrected chi connectivity index (χ2v) is 4.91. The first-order chi connectivity index (χ1) is 8.77. The molecule has 0 heterocycles. The SMILES string of the molecule is CCC(NCC(F)(F)C(F)F)c1ccc(Cl)cc1Cl. The summed E-state index contributed by atoms with van der Waals surface area (Å²) >= 11 is 11.7. The summed E-state index contributed by atoms with van der Waals surface area (Å²) in [6, 6.07) is 4.10. The molecule has 7 heteroatoms. The van der Waals surface area contributed by atoms with Crippen LogP contribution < -0.4 is 5.32 Å². The molecule has 0 aliphatic heterocycles. The van der Waals surface area contributed by atoms with E-state index in [1.54, 1.807) is 19.1 Å². The highest BCUT2D eigenvalue weighted by Crippen LogP contribution is 2.29. The van der Waals surface area contributed by atoms with Crippen molar-refractivity contribution in [2.75, 3.05) is 6.54 Å². The van der Waals surface area contributed by atoms with Crippen LogP contribution in [0.1, 0.15) is 24.9 Å². The largest absolute Gasteiger partial charge is 0.319 e. The number of benzene rings is 1. The number of hydrogen-bond donors (Lipinski definition) is 1. The Labute approximate surface area is 118 Å². The smallest absolute Gasteiger partial charge is 0.304 e. The number of alkyl halides is 4. The Kier molecular flexibility index (Phi) is 5.89. The summed E-state index contributed by atoms with van der Waals surface area (Å²) in [7, 11) is 0. The summed E-state index contributed by atoms with van der Waals surface area (Å²) in [4.78, 5) is 0. The van der Waals surface area contributed by atoms with Crippen molar-refractivity contribution in [3.63, 3.8) is 0 Å². The van der Waals surface area contributed by atoms with E-state index < -0.39 is 24.9 Å². The second kappa shape index (κ2) is 6.77. The van der Waals surface area contributed by atoms with Gasteiger partial charge in [-0.15, -0.1) is 0 Å². The average Bonchev–Trinajstić information content (AvgIpc) is 2.31. The maximum absolute atomic E-state index is 12.9. The molecule has 0 amide bonds. The van der Waals surface area contributed by atoms with Gasteiger partial charge in [-0.3, -0.25) is 0 Å². The van der Waals surface area contributed by atoms with Crippen LogP contribution in [-0.2, 0) is 0 Å². The zero-order valence-corrected chi connectivity index (χ0v) is 11.6. The van der Waals surface area contributed by atoms with E-state index in [1.165, 1.54) is 6.07 Å². The van der Waals surface area contributed by atoms with E-state index in [1.807, 2.05) is 0 Å². The van der Waals surface area contributed by atoms with E-state index in [9.17, 15) is 17.6 Å². The summed E-state index contributed by atoms with van der Waals surface area (Å²) in [6.45, 7) is 0.630. The monoisotopic (exact) mass is 317 g/mol. The topological polar surface area (TPSA) is 12.0 Å². The molecule has 0 aromatic heterocycles. The lowest BCUT2D eigenvalue weighted by Gasteiger charge is -2.22. The van der Waals surface area contributed by atoms with Gasteiger partial charge >= 0.3 is 12.3 Å². The first-order valence-corrected chi connectivity index (χ1v) is 6.37. The fraction of sp³-hybridized carbons (Fsp3) is 0.500. The van der Waals surface area contributed by atoms with Crippen molar-refractivity contribution in [3.05, 3.63) is 33.8 Å². The molecule has 1 rings (SSSR count). The van der Waals surface area contributed by atoms with E-state index in [4.69, 9.17) is 23.2 Å². The van der Waals surface area contributed by atoms with Gasteiger partial charge in [-0.05, 0) is 24.1 Å². The van der Waals surface area contributed by atoms with Gasteiger partial charge in [0.15, 0.2) is 0 Å². The molecule has 0 fully saturated rings. The molecule has 1 atom stereocenters. The molecule has 19 heavy (non-hydrogen) atoms. The fourth-order valence-corrected chi connectivity index (χ4v) is 2.13. The lowest BCUT2D eigenvalue weighted by atomic mass is 10.0. The molecule has 1 unspecified atom stereocenters. The van der Waals surface area contributed by atoms with Crippen LogP contribution in [0.2, 0.25) is 10.0 Å². The zero-order valence-electron chi connectivity index (χ0n) is 10.1. The summed E-state index contributed by atoms with van der Waals surface area (Å²) in [5.74, 6) is -4.06. The molecular formula is C12H13Cl2F4N. The van der Waals surface area contributed by atoms with Gasteiger partial charge in [0.05, 0.1) is 6.54 Å². The fourth-order valence-electron chi connectivity index (χ4n) is 1.59. The summed E-state index contributed by atoms with van der Waals surface area (Å²) in [5.41, 5.74) is 0.554. The molecule has 1 nitrogen and oxygen atoms in total. The maximum atomic E-state index is 12.9. The van der Waals surface area contributed by atoms with Crippen LogP contribution in [0.4, 0.5) is 17.6 Å². The van der Waals surface area contributed by atoms with E-state index in [2.05, 4.69) is 5.32 Å². The van der Waals surface area contributed by atoms with Crippen LogP contribution in [-0.4, -0.2) is 18.9 Å². The summed E-state index contributed by atoms with van der Waals surface area (Å²) in [5, 5.41) is 3.14. The average molecular weight is 318 g/mol. The minimum absolute atomic E-state index is 0.312. The number of halogens is 6. The van der Waals surface area contributed by atoms with Crippen LogP contribution in [0.25, 0.3) is 0 Å². The molecule has 1 aromatic rings. The maximum Gasteiger partial charge on any atom is 0.319 e. The molecule has 0 saturated carbocycles. The Hall–Kier alpha value is -0.520. The number of hydrogen-bond acceptors (Lipinski definition) is 1. The molecule has 0 saturated heterocycles. The van der Waals surface area contributed by atoms with Crippen LogP contribution in [0.15, 0.2) is 18.2 Å². The highest BCUT2D eigenvalue weighted by atomic mass is 35.5. The van der Waals surface area contributed by atoms with E-state index in [0.717, 1.165) is 0 Å². The van der Waals surface area contributed by atoms with Crippen LogP contribution in [0.3, 0.4) is 0 Å². The predicted molar refractivity (Wildman–Crippen MR) is 68.4 cm³/mol. The standard InChI is InChI=1S/C12H13Cl2F4N/c1-2-10(19-6-12(17,18)11(15)16)8-4-3-7(13)5-9(8)14/h3-5,10-11,19H,2,6H2,1H3. The van der Waals surface area contributed by atoms with Crippen molar-refractivity contribution in [1.82, 2.24) is 5.32 Å². The van der Waals surface area contributed by atoms with Crippen LogP contribution in [0, 0.1) is 0 Å². The Morgan fingerprint density at radius 3 is 2.37 bits per heavy atom. The van der Waals surface area contributed by atoms with Crippen LogP contribution in [0.5, 0.6) is 0 Å². The second-order valence-electron chi connectivity index (χ2n) is 4.07. The van der Waals surface area contributed by atoms with Gasteiger partial charge < -0.3 is 5.32 Å². The number of nitrogens with one attached hydrogen (secondary N) is 1. The van der Waals surface area contributed by atoms with Gasteiger partial charge in [0, 0.05) is 16.1 Å². The van der Waals surface area contributed by atoms with E-state index >= 15 is 0 Å². The third-order valence-electron chi connectivity index (χ3n) is 2.65. The molecule has 0 aliphatic rings. The van der Waals surface area contributed by atoms with Crippen LogP contribution >= 0.6 is 23.2 Å². The van der Waals surface area contributed by atoms with Crippen molar-refractivity contribution in [1.29, 1.82) is 0 Å². The van der Waals surface area contributed by atoms with Crippen molar-refractivity contribution >= 4 is 23.2 Å². The lowest BCUT2D eigenvalue weighted by molar-refractivity contribution is -0.126. The van der Waals surface area contributed by atoms with Crippen molar-refractivity contribution in [3.8, 4) is 0 Å². The Morgan fingerprint density at radius 2 is 1.89 bits per heavy atom. The Bertz CT molecular complexity index is 426. The Balaban J connectivity index is 2.79. The zero-order chi connectivity index (χ0) is 14.6. The van der Waals surface area contributed by atoms with Crippen molar-refractivity contribution < 1.29 is 17.6 Å². The highest BCUT2D eigenvalue weighted by molar-refractivity contribution is 6.35. The van der Waals surface area contributed by atoms with E-state index in [-0.39, 0.29) is 0 Å². The first kappa shape index (κ1) is 16.5. The van der Waals surface area contributed by atoms with Gasteiger partial charge in [0.2, 0.25) is 0 Å². The minimum Gasteiger partial charge on any atom is -0.304 e. The van der Waals surface area contributed by atoms with Gasteiger partial charge in [-0.1, -0.05) is 36.2 Å². The molecule has 0 spiro atoms. The molecule has 0 bridgehead atoms. The normalized spacial score (nSPS) is 13.9. The summed E-state index contributed by atoms with van der Waals surface area (Å²) in [6.07, 6.45) is -3.26. The van der Waals surface area contributed by atoms with E-state index in [0.29, 0.717) is 22.0 Å². The highest BCUT2D eigenvalue weighted by Gasteiger charge is 2.40. The third-order valence-corrected chi connectivity index (χ3v) is 3.21. The minimum atomic E-state index is -4.06. The van der Waals surface area contributed by atoms with Crippen molar-refractivity contribution in [2.24, 2.45) is 0 Å². The quantitative estimate of drug-likeness (QED) is 0.733. The molecular weight excluding hydrogens is 305 g/mol. The molecule has 1 N–H and O–H groups in total. The van der Waals surface area contributed by atoms with Gasteiger partial charge in [-0.25, -0.2) is 8.78 Å². The number of rotatable bonds is 6. The van der Waals surface area contributed by atoms with Gasteiger partial charge in [0.25, 0.3) is 0 Å². The summed E-state index contributed by atoms with van der Waals surface area (Å²) < 4.78 is 49.8. The molecule has 108 valence electrons. The lowest BCUT2D eigenvalue weighted by Crippen LogP contribution is -2.40. The molecule has 1 aromatic carbocycles. The molecule has 0 radical (unpaired) electrons. The van der Waals surface area contributed by atoms with Gasteiger partial charge in [0.1, 0.15) is 0 Å². The van der Waals surface area contributed by atoms with Crippen molar-refractivity contribution in [2.45, 2.75) is 31.7 Å². The molecule has 0 aliphatic carbocycles. The first-order valence-electron chi connectivity index (χ1n) is 5.62. The van der Waals surface area contributed by atoms with Gasteiger partial charge in [-0.2, -0.15) is 8.78 Å². The third kappa shape index (κ3) is 4.51. The Morgan fingerprint density at radius 1 is 1.26 bits per heavy atom. The predicted octanol–water partition coefficient (Wildman–Crippen LogP) is 4.93.